The summed E-state index contributed by atoms with van der Waals surface area (Å²) >= 11 is 0. The van der Waals surface area contributed by atoms with E-state index in [1.54, 1.807) is 32.0 Å². The highest BCUT2D eigenvalue weighted by atomic mass is 19.1. The van der Waals surface area contributed by atoms with Crippen molar-refractivity contribution in [2.45, 2.75) is 71.0 Å². The van der Waals surface area contributed by atoms with Crippen LogP contribution >= 0.6 is 0 Å². The summed E-state index contributed by atoms with van der Waals surface area (Å²) in [5.74, 6) is -2.93. The Balaban J connectivity index is 2.28. The van der Waals surface area contributed by atoms with Gasteiger partial charge in [0.15, 0.2) is 0 Å². The molecule has 0 saturated heterocycles. The van der Waals surface area contributed by atoms with Crippen LogP contribution in [-0.2, 0) is 32.6 Å². The predicted molar refractivity (Wildman–Crippen MR) is 147 cm³/mol. The fraction of sp³-hybridized carbons (Fsp3) is 0.483. The first-order valence-electron chi connectivity index (χ1n) is 12.8. The van der Waals surface area contributed by atoms with Crippen LogP contribution in [0.3, 0.4) is 0 Å². The summed E-state index contributed by atoms with van der Waals surface area (Å²) in [5.41, 5.74) is 13.0. The molecule has 2 aromatic rings. The summed E-state index contributed by atoms with van der Waals surface area (Å²) in [6.07, 6.45) is -0.0198. The van der Waals surface area contributed by atoms with Crippen LogP contribution in [0.1, 0.15) is 51.3 Å². The molecule has 2 rings (SSSR count). The first-order valence-corrected chi connectivity index (χ1v) is 12.8. The molecule has 0 aliphatic rings. The minimum atomic E-state index is -1.15. The molecule has 0 fully saturated rings. The summed E-state index contributed by atoms with van der Waals surface area (Å²) in [4.78, 5) is 41.8. The van der Waals surface area contributed by atoms with Crippen LogP contribution in [-0.4, -0.2) is 70.0 Å². The lowest BCUT2D eigenvalue weighted by molar-refractivity contribution is -0.149. The largest absolute Gasteiger partial charge is 0.508 e. The van der Waals surface area contributed by atoms with E-state index >= 15 is 0 Å². The van der Waals surface area contributed by atoms with Crippen LogP contribution in [0.25, 0.3) is 0 Å². The average Bonchev–Trinajstić information content (AvgIpc) is 2.82. The minimum Gasteiger partial charge on any atom is -0.508 e. The van der Waals surface area contributed by atoms with Gasteiger partial charge in [-0.3, -0.25) is 14.4 Å². The zero-order valence-corrected chi connectivity index (χ0v) is 23.7. The number of carbonyl (C=O) groups excluding carboxylic acids is 3. The van der Waals surface area contributed by atoms with Gasteiger partial charge < -0.3 is 31.5 Å². The number of carbonyl (C=O) groups is 3. The number of rotatable bonds is 10. The highest BCUT2D eigenvalue weighted by molar-refractivity contribution is 5.93. The molecule has 0 aromatic heterocycles. The fourth-order valence-electron chi connectivity index (χ4n) is 4.65. The number of hydrogen-bond donors (Lipinski definition) is 4. The van der Waals surface area contributed by atoms with Gasteiger partial charge in [0.05, 0.1) is 6.04 Å². The topological polar surface area (TPSA) is 150 Å². The van der Waals surface area contributed by atoms with Gasteiger partial charge in [-0.1, -0.05) is 52.8 Å². The summed E-state index contributed by atoms with van der Waals surface area (Å²) in [7, 11) is 2.91. The number of primary amides is 1. The Hall–Kier alpha value is -3.66. The molecule has 214 valence electrons. The summed E-state index contributed by atoms with van der Waals surface area (Å²) in [5, 5.41) is 19.7. The number of amides is 3. The van der Waals surface area contributed by atoms with Crippen LogP contribution < -0.4 is 11.5 Å². The number of likely N-dealkylation sites (N-methyl/N-ethyl adjacent to an activating group) is 2. The maximum atomic E-state index is 14.2. The Labute approximate surface area is 229 Å². The quantitative estimate of drug-likeness (QED) is 0.361. The van der Waals surface area contributed by atoms with Gasteiger partial charge in [0.2, 0.25) is 17.7 Å². The number of halogens is 1. The van der Waals surface area contributed by atoms with Gasteiger partial charge in [-0.15, -0.1) is 0 Å². The second-order valence-corrected chi connectivity index (χ2v) is 11.4. The molecule has 0 aliphatic heterocycles. The van der Waals surface area contributed by atoms with E-state index in [1.807, 2.05) is 20.8 Å². The van der Waals surface area contributed by atoms with Gasteiger partial charge in [0.25, 0.3) is 0 Å². The van der Waals surface area contributed by atoms with E-state index in [4.69, 9.17) is 11.5 Å². The van der Waals surface area contributed by atoms with Crippen molar-refractivity contribution in [1.29, 1.82) is 0 Å². The molecular formula is C29H41FN4O5. The second kappa shape index (κ2) is 12.5. The number of benzene rings is 2. The summed E-state index contributed by atoms with van der Waals surface area (Å²) < 4.78 is 14.2. The Kier molecular flexibility index (Phi) is 10.1. The van der Waals surface area contributed by atoms with Crippen molar-refractivity contribution in [3.8, 4) is 11.5 Å². The van der Waals surface area contributed by atoms with E-state index < -0.39 is 41.7 Å². The highest BCUT2D eigenvalue weighted by Crippen LogP contribution is 2.32. The van der Waals surface area contributed by atoms with Crippen LogP contribution in [0.5, 0.6) is 11.5 Å². The number of phenolic OH excluding ortho intramolecular Hbond substituents is 2. The van der Waals surface area contributed by atoms with Crippen LogP contribution in [0, 0.1) is 11.7 Å². The van der Waals surface area contributed by atoms with Gasteiger partial charge in [0, 0.05) is 26.6 Å². The van der Waals surface area contributed by atoms with E-state index in [0.29, 0.717) is 11.1 Å². The maximum Gasteiger partial charge on any atom is 0.246 e. The van der Waals surface area contributed by atoms with E-state index in [-0.39, 0.29) is 41.2 Å². The van der Waals surface area contributed by atoms with Gasteiger partial charge in [-0.25, -0.2) is 4.39 Å². The van der Waals surface area contributed by atoms with Crippen LogP contribution in [0.15, 0.2) is 36.4 Å². The Morgan fingerprint density at radius 3 is 2.08 bits per heavy atom. The highest BCUT2D eigenvalue weighted by Gasteiger charge is 2.37. The monoisotopic (exact) mass is 544 g/mol. The Morgan fingerprint density at radius 1 is 0.949 bits per heavy atom. The third-order valence-corrected chi connectivity index (χ3v) is 6.88. The maximum absolute atomic E-state index is 14.2. The molecule has 10 heteroatoms. The molecule has 0 bridgehead atoms. The van der Waals surface area contributed by atoms with E-state index in [2.05, 4.69) is 0 Å². The third kappa shape index (κ3) is 7.69. The van der Waals surface area contributed by atoms with Gasteiger partial charge in [-0.2, -0.15) is 0 Å². The smallest absolute Gasteiger partial charge is 0.246 e. The zero-order valence-electron chi connectivity index (χ0n) is 23.7. The van der Waals surface area contributed by atoms with Crippen molar-refractivity contribution < 1.29 is 29.0 Å². The molecular weight excluding hydrogens is 503 g/mol. The lowest BCUT2D eigenvalue weighted by Gasteiger charge is -2.36. The molecule has 3 atom stereocenters. The molecule has 3 amide bonds. The van der Waals surface area contributed by atoms with Crippen molar-refractivity contribution in [1.82, 2.24) is 9.80 Å². The normalized spacial score (nSPS) is 14.0. The van der Waals surface area contributed by atoms with Crippen molar-refractivity contribution in [2.24, 2.45) is 17.4 Å². The molecule has 9 nitrogen and oxygen atoms in total. The predicted octanol–water partition coefficient (Wildman–Crippen LogP) is 2.44. The third-order valence-electron chi connectivity index (χ3n) is 6.88. The van der Waals surface area contributed by atoms with Crippen LogP contribution in [0.4, 0.5) is 4.39 Å². The fourth-order valence-corrected chi connectivity index (χ4v) is 4.65. The standard InChI is InChI=1S/C29H41FN4O5/c1-16(2)25(34(7)27(38)22(31)14-18-9-10-19(35)15-21(18)30)28(39)33(6)23(26(32)37)13-17-8-11-24(36)20(12-17)29(3,4)5/h8-12,15-16,22-23,25,35-36H,13-14,31H2,1-7H3,(H2,32,37)/t22-,23-,25-/m0/s1. The van der Waals surface area contributed by atoms with E-state index in [0.717, 1.165) is 6.07 Å². The number of nitrogens with zero attached hydrogens (tertiary/aromatic N) is 2. The molecule has 0 radical (unpaired) electrons. The number of phenols is 2. The molecule has 0 unspecified atom stereocenters. The lowest BCUT2D eigenvalue weighted by Crippen LogP contribution is -2.58. The zero-order chi connectivity index (χ0) is 29.8. The minimum absolute atomic E-state index is 0.114. The molecule has 0 heterocycles. The van der Waals surface area contributed by atoms with Crippen molar-refractivity contribution in [3.63, 3.8) is 0 Å². The molecule has 39 heavy (non-hydrogen) atoms. The number of aromatic hydroxyl groups is 2. The second-order valence-electron chi connectivity index (χ2n) is 11.4. The molecule has 2 aromatic carbocycles. The molecule has 6 N–H and O–H groups in total. The van der Waals surface area contributed by atoms with E-state index in [9.17, 15) is 29.0 Å². The van der Waals surface area contributed by atoms with Gasteiger partial charge >= 0.3 is 0 Å². The van der Waals surface area contributed by atoms with Crippen molar-refractivity contribution >= 4 is 17.7 Å². The molecule has 0 saturated carbocycles. The van der Waals surface area contributed by atoms with Crippen molar-refractivity contribution in [3.05, 3.63) is 58.9 Å². The molecule has 0 aliphatic carbocycles. The first-order chi connectivity index (χ1) is 17.9. The summed E-state index contributed by atoms with van der Waals surface area (Å²) in [6.45, 7) is 9.38. The van der Waals surface area contributed by atoms with Gasteiger partial charge in [-0.05, 0) is 46.6 Å². The number of hydrogen-bond acceptors (Lipinski definition) is 6. The first kappa shape index (κ1) is 31.6. The summed E-state index contributed by atoms with van der Waals surface area (Å²) in [6, 6.07) is 5.49. The SMILES string of the molecule is CC(C)[C@@H](C(=O)N(C)[C@@H](Cc1ccc(O)c(C(C)(C)C)c1)C(N)=O)N(C)C(=O)[C@@H](N)Cc1ccc(O)cc1F. The lowest BCUT2D eigenvalue weighted by atomic mass is 9.84. The number of nitrogens with two attached hydrogens (primary N) is 2. The van der Waals surface area contributed by atoms with E-state index in [1.165, 1.54) is 36.0 Å². The van der Waals surface area contributed by atoms with Crippen LogP contribution in [0.2, 0.25) is 0 Å². The molecule has 0 spiro atoms. The van der Waals surface area contributed by atoms with Crippen molar-refractivity contribution in [2.75, 3.05) is 14.1 Å². The van der Waals surface area contributed by atoms with Gasteiger partial charge in [0.1, 0.15) is 29.4 Å². The Morgan fingerprint density at radius 2 is 1.56 bits per heavy atom. The average molecular weight is 545 g/mol. The Bertz CT molecular complexity index is 1210.